The second-order valence-corrected chi connectivity index (χ2v) is 6.48. The van der Waals surface area contributed by atoms with Crippen LogP contribution in [0.3, 0.4) is 0 Å². The normalized spacial score (nSPS) is 17.6. The summed E-state index contributed by atoms with van der Waals surface area (Å²) in [5.74, 6) is 1.31. The second-order valence-electron chi connectivity index (χ2n) is 6.48. The summed E-state index contributed by atoms with van der Waals surface area (Å²) in [5, 5.41) is 4.35. The molecule has 4 rings (SSSR count). The number of nitrogens with zero attached hydrogens (tertiary/aromatic N) is 4. The maximum atomic E-state index is 12.8. The van der Waals surface area contributed by atoms with E-state index in [1.165, 1.54) is 5.56 Å². The second kappa shape index (κ2) is 6.93. The van der Waals surface area contributed by atoms with Gasteiger partial charge in [0.25, 0.3) is 5.91 Å². The van der Waals surface area contributed by atoms with E-state index >= 15 is 0 Å². The molecule has 6 nitrogen and oxygen atoms in total. The van der Waals surface area contributed by atoms with Crippen LogP contribution in [0.15, 0.2) is 55.1 Å². The summed E-state index contributed by atoms with van der Waals surface area (Å²) in [7, 11) is 0. The van der Waals surface area contributed by atoms with Crippen LogP contribution in [0.4, 0.5) is 0 Å². The number of aromatic nitrogens is 4. The zero-order chi connectivity index (χ0) is 17.1. The molecular weight excluding hydrogens is 314 g/mol. The minimum Gasteiger partial charge on any atom is -0.348 e. The van der Waals surface area contributed by atoms with Crippen molar-refractivity contribution in [2.45, 2.75) is 25.3 Å². The van der Waals surface area contributed by atoms with Crippen molar-refractivity contribution in [3.05, 3.63) is 72.1 Å². The number of H-pyrrole nitrogens is 1. The van der Waals surface area contributed by atoms with Gasteiger partial charge in [0.1, 0.15) is 5.82 Å². The summed E-state index contributed by atoms with van der Waals surface area (Å²) < 4.78 is 1.82. The first-order valence-electron chi connectivity index (χ1n) is 8.64. The molecule has 3 aromatic rings. The van der Waals surface area contributed by atoms with Crippen molar-refractivity contribution in [2.75, 3.05) is 13.1 Å². The zero-order valence-electron chi connectivity index (χ0n) is 14.0. The van der Waals surface area contributed by atoms with Crippen molar-refractivity contribution in [2.24, 2.45) is 0 Å². The molecule has 1 N–H and O–H groups in total. The van der Waals surface area contributed by atoms with Gasteiger partial charge in [-0.1, -0.05) is 30.3 Å². The number of benzene rings is 1. The molecule has 0 aliphatic carbocycles. The van der Waals surface area contributed by atoms with Gasteiger partial charge in [-0.2, -0.15) is 5.10 Å². The molecule has 128 valence electrons. The Kier molecular flexibility index (Phi) is 4.33. The third-order valence-electron chi connectivity index (χ3n) is 4.68. The molecule has 0 bridgehead atoms. The summed E-state index contributed by atoms with van der Waals surface area (Å²) >= 11 is 0. The molecule has 0 saturated carbocycles. The lowest BCUT2D eigenvalue weighted by Gasteiger charge is -2.31. The molecular formula is C19H21N5O. The Bertz CT molecular complexity index is 825. The van der Waals surface area contributed by atoms with Gasteiger partial charge in [-0.15, -0.1) is 0 Å². The Hall–Kier alpha value is -2.89. The zero-order valence-corrected chi connectivity index (χ0v) is 14.0. The van der Waals surface area contributed by atoms with Gasteiger partial charge < -0.3 is 9.88 Å². The predicted octanol–water partition coefficient (Wildman–Crippen LogP) is 2.67. The highest BCUT2D eigenvalue weighted by Gasteiger charge is 2.27. The van der Waals surface area contributed by atoms with Crippen molar-refractivity contribution >= 4 is 5.91 Å². The molecule has 1 amide bonds. The maximum absolute atomic E-state index is 12.8. The number of carbonyl (C=O) groups excluding carboxylic acids is 1. The molecule has 0 spiro atoms. The van der Waals surface area contributed by atoms with Gasteiger partial charge in [-0.3, -0.25) is 9.48 Å². The molecule has 3 heterocycles. The molecule has 2 aromatic heterocycles. The first-order valence-corrected chi connectivity index (χ1v) is 8.64. The highest BCUT2D eigenvalue weighted by Crippen LogP contribution is 2.25. The number of hydrogen-bond donors (Lipinski definition) is 1. The quantitative estimate of drug-likeness (QED) is 0.797. The average molecular weight is 335 g/mol. The molecule has 1 saturated heterocycles. The van der Waals surface area contributed by atoms with Gasteiger partial charge in [0.2, 0.25) is 0 Å². The predicted molar refractivity (Wildman–Crippen MR) is 94.2 cm³/mol. The van der Waals surface area contributed by atoms with Gasteiger partial charge in [0.05, 0.1) is 18.3 Å². The van der Waals surface area contributed by atoms with Crippen LogP contribution < -0.4 is 0 Å². The van der Waals surface area contributed by atoms with Crippen LogP contribution >= 0.6 is 0 Å². The highest BCUT2D eigenvalue weighted by atomic mass is 16.2. The van der Waals surface area contributed by atoms with Crippen LogP contribution in [0.1, 0.15) is 40.5 Å². The minimum absolute atomic E-state index is 0.0515. The lowest BCUT2D eigenvalue weighted by molar-refractivity contribution is 0.0704. The van der Waals surface area contributed by atoms with Gasteiger partial charge >= 0.3 is 0 Å². The van der Waals surface area contributed by atoms with E-state index < -0.39 is 0 Å². The number of carbonyl (C=O) groups is 1. The van der Waals surface area contributed by atoms with Crippen molar-refractivity contribution < 1.29 is 4.79 Å². The smallest absolute Gasteiger partial charge is 0.257 e. The topological polar surface area (TPSA) is 66.8 Å². The first-order chi connectivity index (χ1) is 12.3. The summed E-state index contributed by atoms with van der Waals surface area (Å²) in [5.41, 5.74) is 1.82. The third kappa shape index (κ3) is 3.47. The fourth-order valence-electron chi connectivity index (χ4n) is 3.40. The number of aromatic amines is 1. The molecule has 1 atom stereocenters. The van der Waals surface area contributed by atoms with E-state index in [1.54, 1.807) is 12.4 Å². The molecule has 25 heavy (non-hydrogen) atoms. The summed E-state index contributed by atoms with van der Waals surface area (Å²) in [4.78, 5) is 22.3. The molecule has 1 aliphatic rings. The maximum Gasteiger partial charge on any atom is 0.257 e. The summed E-state index contributed by atoms with van der Waals surface area (Å²) in [6, 6.07) is 10.1. The Labute approximate surface area is 146 Å². The molecule has 0 radical (unpaired) electrons. The lowest BCUT2D eigenvalue weighted by atomic mass is 9.97. The van der Waals surface area contributed by atoms with E-state index in [-0.39, 0.29) is 11.8 Å². The number of amides is 1. The lowest BCUT2D eigenvalue weighted by Crippen LogP contribution is -2.39. The number of nitrogens with one attached hydrogen (secondary N) is 1. The van der Waals surface area contributed by atoms with Gasteiger partial charge in [-0.25, -0.2) is 4.98 Å². The molecule has 1 fully saturated rings. The number of piperidine rings is 1. The van der Waals surface area contributed by atoms with Crippen molar-refractivity contribution in [1.82, 2.24) is 24.6 Å². The van der Waals surface area contributed by atoms with Gasteiger partial charge in [0, 0.05) is 37.6 Å². The Morgan fingerprint density at radius 2 is 2.16 bits per heavy atom. The van der Waals surface area contributed by atoms with Crippen molar-refractivity contribution in [3.8, 4) is 0 Å². The van der Waals surface area contributed by atoms with E-state index in [9.17, 15) is 4.79 Å². The van der Waals surface area contributed by atoms with Crippen LogP contribution in [-0.2, 0) is 6.54 Å². The van der Waals surface area contributed by atoms with Gasteiger partial charge in [-0.05, 0) is 18.4 Å². The molecule has 0 unspecified atom stereocenters. The summed E-state index contributed by atoms with van der Waals surface area (Å²) in [6.07, 6.45) is 9.17. The molecule has 1 aromatic carbocycles. The molecule has 1 aliphatic heterocycles. The summed E-state index contributed by atoms with van der Waals surface area (Å²) in [6.45, 7) is 2.17. The van der Waals surface area contributed by atoms with Crippen LogP contribution in [0.25, 0.3) is 0 Å². The van der Waals surface area contributed by atoms with Crippen molar-refractivity contribution in [3.63, 3.8) is 0 Å². The van der Waals surface area contributed by atoms with Crippen LogP contribution in [-0.4, -0.2) is 43.6 Å². The molecule has 6 heteroatoms. The average Bonchev–Trinajstić information content (AvgIpc) is 3.34. The van der Waals surface area contributed by atoms with Crippen LogP contribution in [0.5, 0.6) is 0 Å². The number of hydrogen-bond acceptors (Lipinski definition) is 3. The fourth-order valence-corrected chi connectivity index (χ4v) is 3.40. The number of likely N-dealkylation sites (tertiary alicyclic amines) is 1. The van der Waals surface area contributed by atoms with Crippen LogP contribution in [0.2, 0.25) is 0 Å². The van der Waals surface area contributed by atoms with E-state index in [2.05, 4.69) is 27.2 Å². The van der Waals surface area contributed by atoms with E-state index in [0.29, 0.717) is 18.7 Å². The largest absolute Gasteiger partial charge is 0.348 e. The highest BCUT2D eigenvalue weighted by molar-refractivity contribution is 5.93. The number of imidazole rings is 1. The van der Waals surface area contributed by atoms with E-state index in [4.69, 9.17) is 0 Å². The van der Waals surface area contributed by atoms with Gasteiger partial charge in [0.15, 0.2) is 0 Å². The van der Waals surface area contributed by atoms with E-state index in [1.807, 2.05) is 40.2 Å². The number of rotatable bonds is 4. The van der Waals surface area contributed by atoms with Crippen LogP contribution in [0, 0.1) is 0 Å². The minimum atomic E-state index is 0.0515. The Morgan fingerprint density at radius 3 is 2.96 bits per heavy atom. The SMILES string of the molecule is O=C(c1cnn(Cc2ccccc2)c1)N1CCC[C@H](c2ncc[nH]2)C1. The van der Waals surface area contributed by atoms with E-state index in [0.717, 1.165) is 25.2 Å². The fraction of sp³-hybridized carbons (Fsp3) is 0.316. The standard InChI is InChI=1S/C19H21N5O/c25-19(23-10-4-7-16(13-23)18-20-8-9-21-18)17-11-22-24(14-17)12-15-5-2-1-3-6-15/h1-3,5-6,8-9,11,14,16H,4,7,10,12-13H2,(H,20,21)/t16-/m0/s1. The third-order valence-corrected chi connectivity index (χ3v) is 4.68. The first kappa shape index (κ1) is 15.6. The Morgan fingerprint density at radius 1 is 1.28 bits per heavy atom. The van der Waals surface area contributed by atoms with Crippen molar-refractivity contribution in [1.29, 1.82) is 0 Å². The monoisotopic (exact) mass is 335 g/mol. The Balaban J connectivity index is 1.44.